The van der Waals surface area contributed by atoms with Gasteiger partial charge in [-0.2, -0.15) is 0 Å². The number of phenolic OH excluding ortho intramolecular Hbond substituents is 1. The molecule has 1 spiro atoms. The van der Waals surface area contributed by atoms with Crippen molar-refractivity contribution >= 4 is 0 Å². The highest BCUT2D eigenvalue weighted by molar-refractivity contribution is 5.50. The van der Waals surface area contributed by atoms with Crippen molar-refractivity contribution in [3.05, 3.63) is 28.8 Å². The topological polar surface area (TPSA) is 58.9 Å². The largest absolute Gasteiger partial charge is 0.508 e. The zero-order valence-corrected chi connectivity index (χ0v) is 18.0. The van der Waals surface area contributed by atoms with Crippen LogP contribution < -0.4 is 0 Å². The Morgan fingerprint density at radius 1 is 1.04 bits per heavy atom. The maximum Gasteiger partial charge on any atom is 0.199 e. The lowest BCUT2D eigenvalue weighted by Crippen LogP contribution is -2.65. The molecule has 4 nitrogen and oxygen atoms in total. The summed E-state index contributed by atoms with van der Waals surface area (Å²) in [6, 6.07) is 3.88. The summed E-state index contributed by atoms with van der Waals surface area (Å²) in [5, 5.41) is 21.7. The van der Waals surface area contributed by atoms with Crippen LogP contribution >= 0.6 is 0 Å². The number of benzene rings is 1. The zero-order chi connectivity index (χ0) is 20.3. The van der Waals surface area contributed by atoms with Crippen LogP contribution in [0.25, 0.3) is 0 Å². The lowest BCUT2D eigenvalue weighted by molar-refractivity contribution is -0.391. The van der Waals surface area contributed by atoms with E-state index >= 15 is 0 Å². The minimum atomic E-state index is -0.968. The average molecular weight is 387 g/mol. The molecular formula is C24H34O4. The maximum absolute atomic E-state index is 11.4. The van der Waals surface area contributed by atoms with E-state index in [0.717, 1.165) is 31.2 Å². The number of fused-ring (bicyclic) bond motifs is 1. The van der Waals surface area contributed by atoms with Crippen LogP contribution in [0.2, 0.25) is 0 Å². The second-order valence-electron chi connectivity index (χ2n) is 10.7. The van der Waals surface area contributed by atoms with E-state index in [9.17, 15) is 10.2 Å². The molecule has 0 radical (unpaired) electrons. The van der Waals surface area contributed by atoms with Gasteiger partial charge < -0.3 is 19.7 Å². The van der Waals surface area contributed by atoms with Gasteiger partial charge in [0.15, 0.2) is 5.79 Å². The third-order valence-corrected chi connectivity index (χ3v) is 9.42. The SMILES string of the molecule is Cc1c(O)ccc2c1CC[C@]1(C)[C@@H]3CC[C@]21O[C@@]1(OC(C)(C)[C@@H](C)[C@H]1O)[C@H]3C. The Bertz CT molecular complexity index is 847. The standard InChI is InChI=1S/C24H34O4/c1-13-16-9-11-22(6)17-10-12-23(22,18(16)7-8-19(13)25)28-24(14(17)2)20(26)15(3)21(4,5)27-24/h7-8,14-15,17,20,25-26H,9-12H2,1-6H3/t14-,15-,17+,20+,22+,23-,24-/m0/s1. The average Bonchev–Trinajstić information content (AvgIpc) is 2.96. The van der Waals surface area contributed by atoms with Crippen molar-refractivity contribution < 1.29 is 19.7 Å². The van der Waals surface area contributed by atoms with Crippen molar-refractivity contribution in [2.75, 3.05) is 0 Å². The molecule has 1 saturated carbocycles. The molecule has 1 aromatic carbocycles. The van der Waals surface area contributed by atoms with Crippen molar-refractivity contribution in [2.45, 2.75) is 90.3 Å². The molecule has 2 aliphatic heterocycles. The Hall–Kier alpha value is -1.10. The molecule has 2 heterocycles. The van der Waals surface area contributed by atoms with Gasteiger partial charge in [-0.05, 0) is 75.1 Å². The van der Waals surface area contributed by atoms with Gasteiger partial charge >= 0.3 is 0 Å². The van der Waals surface area contributed by atoms with E-state index in [4.69, 9.17) is 9.47 Å². The normalized spacial score (nSPS) is 48.5. The molecule has 2 aliphatic carbocycles. The molecule has 1 aromatic rings. The number of hydrogen-bond acceptors (Lipinski definition) is 4. The Morgan fingerprint density at radius 2 is 1.75 bits per heavy atom. The highest BCUT2D eigenvalue weighted by Gasteiger charge is 2.75. The van der Waals surface area contributed by atoms with Crippen LogP contribution in [0.15, 0.2) is 12.1 Å². The second kappa shape index (κ2) is 5.33. The number of aromatic hydroxyl groups is 1. The van der Waals surface area contributed by atoms with E-state index in [2.05, 4.69) is 40.7 Å². The Kier molecular flexibility index (Phi) is 3.60. The van der Waals surface area contributed by atoms with Crippen LogP contribution in [0.5, 0.6) is 5.75 Å². The van der Waals surface area contributed by atoms with Gasteiger partial charge in [-0.1, -0.05) is 26.8 Å². The fraction of sp³-hybridized carbons (Fsp3) is 0.750. The lowest BCUT2D eigenvalue weighted by Gasteiger charge is -2.61. The van der Waals surface area contributed by atoms with Crippen molar-refractivity contribution in [1.82, 2.24) is 0 Å². The van der Waals surface area contributed by atoms with Crippen LogP contribution in [-0.4, -0.2) is 27.7 Å². The molecule has 0 aromatic heterocycles. The van der Waals surface area contributed by atoms with Crippen LogP contribution in [0.3, 0.4) is 0 Å². The summed E-state index contributed by atoms with van der Waals surface area (Å²) in [6.45, 7) is 12.8. The van der Waals surface area contributed by atoms with Crippen LogP contribution in [0, 0.1) is 30.1 Å². The summed E-state index contributed by atoms with van der Waals surface area (Å²) >= 11 is 0. The summed E-state index contributed by atoms with van der Waals surface area (Å²) in [7, 11) is 0. The van der Waals surface area contributed by atoms with Gasteiger partial charge in [-0.25, -0.2) is 0 Å². The Morgan fingerprint density at radius 3 is 2.39 bits per heavy atom. The molecule has 0 amide bonds. The van der Waals surface area contributed by atoms with Crippen molar-refractivity contribution in [2.24, 2.45) is 23.2 Å². The van der Waals surface area contributed by atoms with Gasteiger partial charge in [0.1, 0.15) is 17.5 Å². The molecule has 4 heteroatoms. The fourth-order valence-electron chi connectivity index (χ4n) is 7.33. The maximum atomic E-state index is 11.4. The lowest BCUT2D eigenvalue weighted by atomic mass is 9.55. The Balaban J connectivity index is 1.72. The first-order valence-electron chi connectivity index (χ1n) is 10.9. The number of ether oxygens (including phenoxy) is 2. The van der Waals surface area contributed by atoms with E-state index in [1.54, 1.807) is 0 Å². The van der Waals surface area contributed by atoms with E-state index in [0.29, 0.717) is 11.7 Å². The monoisotopic (exact) mass is 386 g/mol. The molecule has 7 atom stereocenters. The minimum absolute atomic E-state index is 0.000258. The third-order valence-electron chi connectivity index (χ3n) is 9.42. The summed E-state index contributed by atoms with van der Waals surface area (Å²) in [5.74, 6) is -0.0329. The zero-order valence-electron chi connectivity index (χ0n) is 18.0. The van der Waals surface area contributed by atoms with Gasteiger partial charge in [0.25, 0.3) is 0 Å². The predicted molar refractivity (Wildman–Crippen MR) is 107 cm³/mol. The summed E-state index contributed by atoms with van der Waals surface area (Å²) in [4.78, 5) is 0. The van der Waals surface area contributed by atoms with E-state index < -0.39 is 23.1 Å². The quantitative estimate of drug-likeness (QED) is 0.693. The van der Waals surface area contributed by atoms with Crippen LogP contribution in [0.1, 0.15) is 70.6 Å². The molecule has 28 heavy (non-hydrogen) atoms. The van der Waals surface area contributed by atoms with Crippen LogP contribution in [-0.2, 0) is 21.5 Å². The number of phenols is 1. The molecule has 3 fully saturated rings. The summed E-state index contributed by atoms with van der Waals surface area (Å²) in [6.07, 6.45) is 3.40. The van der Waals surface area contributed by atoms with Gasteiger partial charge in [-0.15, -0.1) is 0 Å². The Labute approximate surface area is 168 Å². The number of aliphatic hydroxyl groups is 1. The molecule has 2 saturated heterocycles. The molecule has 2 bridgehead atoms. The van der Waals surface area contributed by atoms with Gasteiger partial charge in [0.2, 0.25) is 0 Å². The summed E-state index contributed by atoms with van der Waals surface area (Å²) < 4.78 is 13.7. The van der Waals surface area contributed by atoms with Crippen LogP contribution in [0.4, 0.5) is 0 Å². The first-order valence-corrected chi connectivity index (χ1v) is 10.9. The predicted octanol–water partition coefficient (Wildman–Crippen LogP) is 4.43. The van der Waals surface area contributed by atoms with E-state index in [1.165, 1.54) is 11.1 Å². The minimum Gasteiger partial charge on any atom is -0.508 e. The molecule has 5 rings (SSSR count). The highest BCUT2D eigenvalue weighted by Crippen LogP contribution is 2.72. The van der Waals surface area contributed by atoms with E-state index in [1.807, 2.05) is 13.0 Å². The van der Waals surface area contributed by atoms with E-state index in [-0.39, 0.29) is 17.3 Å². The summed E-state index contributed by atoms with van der Waals surface area (Å²) in [5.41, 5.74) is 2.53. The molecule has 4 aliphatic rings. The van der Waals surface area contributed by atoms with Gasteiger partial charge in [0, 0.05) is 17.3 Å². The third kappa shape index (κ3) is 1.88. The fourth-order valence-corrected chi connectivity index (χ4v) is 7.33. The smallest absolute Gasteiger partial charge is 0.199 e. The van der Waals surface area contributed by atoms with Crippen molar-refractivity contribution in [1.29, 1.82) is 0 Å². The molecule has 154 valence electrons. The van der Waals surface area contributed by atoms with Gasteiger partial charge in [-0.3, -0.25) is 0 Å². The van der Waals surface area contributed by atoms with Gasteiger partial charge in [0.05, 0.1) is 5.60 Å². The highest BCUT2D eigenvalue weighted by atomic mass is 16.7. The van der Waals surface area contributed by atoms with Crippen molar-refractivity contribution in [3.8, 4) is 5.75 Å². The first-order chi connectivity index (χ1) is 13.0. The first kappa shape index (κ1) is 18.9. The number of rotatable bonds is 0. The van der Waals surface area contributed by atoms with Crippen molar-refractivity contribution in [3.63, 3.8) is 0 Å². The number of hydrogen-bond donors (Lipinski definition) is 2. The molecular weight excluding hydrogens is 352 g/mol. The number of aliphatic hydroxyl groups excluding tert-OH is 1. The molecule has 0 unspecified atom stereocenters. The second-order valence-corrected chi connectivity index (χ2v) is 10.7. The molecule has 2 N–H and O–H groups in total.